The molecule has 0 saturated heterocycles. The number of nitrogens with zero attached hydrogens (tertiary/aromatic N) is 3. The van der Waals surface area contributed by atoms with E-state index in [1.165, 1.54) is 0 Å². The molecule has 1 aromatic rings. The topological polar surface area (TPSA) is 109 Å². The monoisotopic (exact) mass is 269 g/mol. The molecule has 0 aromatic carbocycles. The number of carbonyl (C=O) groups is 2. The maximum atomic E-state index is 11.6. The summed E-state index contributed by atoms with van der Waals surface area (Å²) < 4.78 is 1.79. The van der Waals surface area contributed by atoms with E-state index < -0.39 is 18.0 Å². The van der Waals surface area contributed by atoms with Gasteiger partial charge in [0, 0.05) is 6.54 Å². The molecule has 0 aliphatic heterocycles. The lowest BCUT2D eigenvalue weighted by atomic mass is 10.1. The van der Waals surface area contributed by atoms with Gasteiger partial charge in [0.1, 0.15) is 12.4 Å². The van der Waals surface area contributed by atoms with Gasteiger partial charge in [-0.25, -0.2) is 9.59 Å². The van der Waals surface area contributed by atoms with Gasteiger partial charge >= 0.3 is 12.0 Å². The van der Waals surface area contributed by atoms with Crippen LogP contribution in [0.1, 0.15) is 26.6 Å². The molecule has 2 amide bonds. The van der Waals surface area contributed by atoms with E-state index in [0.717, 1.165) is 0 Å². The zero-order valence-corrected chi connectivity index (χ0v) is 11.3. The Balaban J connectivity index is 2.49. The average Bonchev–Trinajstić information content (AvgIpc) is 2.79. The number of rotatable bonds is 6. The Labute approximate surface area is 111 Å². The fraction of sp³-hybridized carbons (Fsp3) is 0.636. The van der Waals surface area contributed by atoms with Crippen LogP contribution in [0.3, 0.4) is 0 Å². The van der Waals surface area contributed by atoms with E-state index in [1.54, 1.807) is 24.7 Å². The molecule has 8 heteroatoms. The largest absolute Gasteiger partial charge is 0.480 e. The molecule has 106 valence electrons. The number of aryl methyl sites for hydroxylation is 1. The fourth-order valence-corrected chi connectivity index (χ4v) is 1.55. The molecular formula is C11H19N5O3. The minimum absolute atomic E-state index is 0.192. The molecule has 0 fully saturated rings. The average molecular weight is 269 g/mol. The van der Waals surface area contributed by atoms with Gasteiger partial charge in [-0.2, -0.15) is 0 Å². The lowest BCUT2D eigenvalue weighted by Gasteiger charge is -2.18. The summed E-state index contributed by atoms with van der Waals surface area (Å²) in [7, 11) is 0. The van der Waals surface area contributed by atoms with Gasteiger partial charge in [0.25, 0.3) is 0 Å². The summed E-state index contributed by atoms with van der Waals surface area (Å²) in [6.45, 7) is 6.30. The van der Waals surface area contributed by atoms with Gasteiger partial charge in [-0.1, -0.05) is 13.8 Å². The molecule has 0 saturated carbocycles. The molecule has 0 radical (unpaired) electrons. The highest BCUT2D eigenvalue weighted by molar-refractivity contribution is 5.82. The van der Waals surface area contributed by atoms with Crippen LogP contribution in [0.15, 0.2) is 6.33 Å². The second-order valence-corrected chi connectivity index (χ2v) is 4.42. The number of aliphatic carboxylic acids is 1. The molecule has 1 aromatic heterocycles. The summed E-state index contributed by atoms with van der Waals surface area (Å²) in [4.78, 5) is 22.6. The summed E-state index contributed by atoms with van der Waals surface area (Å²) in [5.74, 6) is -0.626. The maximum Gasteiger partial charge on any atom is 0.326 e. The standard InChI is InChI=1S/C11H19N5O3/c1-4-16-6-13-15-8(16)5-12-11(19)14-9(7(2)3)10(17)18/h6-7,9H,4-5H2,1-3H3,(H,17,18)(H2,12,14,19). The molecule has 1 heterocycles. The maximum absolute atomic E-state index is 11.6. The molecule has 1 atom stereocenters. The number of urea groups is 1. The highest BCUT2D eigenvalue weighted by atomic mass is 16.4. The van der Waals surface area contributed by atoms with Crippen molar-refractivity contribution < 1.29 is 14.7 Å². The first-order valence-corrected chi connectivity index (χ1v) is 6.09. The van der Waals surface area contributed by atoms with Gasteiger partial charge < -0.3 is 20.3 Å². The molecule has 0 aliphatic rings. The van der Waals surface area contributed by atoms with Gasteiger partial charge in [-0.15, -0.1) is 10.2 Å². The van der Waals surface area contributed by atoms with E-state index in [-0.39, 0.29) is 12.5 Å². The van der Waals surface area contributed by atoms with Crippen LogP contribution in [-0.4, -0.2) is 37.9 Å². The second-order valence-electron chi connectivity index (χ2n) is 4.42. The number of hydrogen-bond donors (Lipinski definition) is 3. The number of carboxylic acid groups (broad SMARTS) is 1. The third-order valence-corrected chi connectivity index (χ3v) is 2.66. The molecule has 3 N–H and O–H groups in total. The minimum atomic E-state index is -1.05. The van der Waals surface area contributed by atoms with Crippen LogP contribution in [0.5, 0.6) is 0 Å². The number of aromatic nitrogens is 3. The van der Waals surface area contributed by atoms with E-state index in [0.29, 0.717) is 12.4 Å². The van der Waals surface area contributed by atoms with Gasteiger partial charge in [-0.3, -0.25) is 0 Å². The van der Waals surface area contributed by atoms with E-state index in [4.69, 9.17) is 5.11 Å². The summed E-state index contributed by atoms with van der Waals surface area (Å²) in [5.41, 5.74) is 0. The normalized spacial score (nSPS) is 12.2. The number of nitrogens with one attached hydrogen (secondary N) is 2. The first-order chi connectivity index (χ1) is 8.95. The van der Waals surface area contributed by atoms with Gasteiger partial charge in [0.2, 0.25) is 0 Å². The first-order valence-electron chi connectivity index (χ1n) is 6.09. The van der Waals surface area contributed by atoms with Gasteiger partial charge in [0.15, 0.2) is 5.82 Å². The fourth-order valence-electron chi connectivity index (χ4n) is 1.55. The highest BCUT2D eigenvalue weighted by Gasteiger charge is 2.23. The Hall–Kier alpha value is -2.12. The van der Waals surface area contributed by atoms with Gasteiger partial charge in [-0.05, 0) is 12.8 Å². The lowest BCUT2D eigenvalue weighted by Crippen LogP contribution is -2.48. The zero-order valence-electron chi connectivity index (χ0n) is 11.3. The molecular weight excluding hydrogens is 250 g/mol. The molecule has 0 bridgehead atoms. The van der Waals surface area contributed by atoms with Crippen molar-refractivity contribution in [2.24, 2.45) is 5.92 Å². The Morgan fingerprint density at radius 3 is 2.68 bits per heavy atom. The molecule has 8 nitrogen and oxygen atoms in total. The summed E-state index contributed by atoms with van der Waals surface area (Å²) >= 11 is 0. The van der Waals surface area contributed by atoms with Crippen LogP contribution in [0.2, 0.25) is 0 Å². The Morgan fingerprint density at radius 1 is 1.47 bits per heavy atom. The Kier molecular flexibility index (Phi) is 5.28. The van der Waals surface area contributed by atoms with E-state index >= 15 is 0 Å². The second kappa shape index (κ2) is 6.72. The Morgan fingerprint density at radius 2 is 2.16 bits per heavy atom. The van der Waals surface area contributed by atoms with Crippen LogP contribution in [0.25, 0.3) is 0 Å². The highest BCUT2D eigenvalue weighted by Crippen LogP contribution is 2.01. The van der Waals surface area contributed by atoms with Crippen LogP contribution in [-0.2, 0) is 17.9 Å². The summed E-state index contributed by atoms with van der Waals surface area (Å²) in [6.07, 6.45) is 1.57. The number of hydrogen-bond acceptors (Lipinski definition) is 4. The molecule has 0 aliphatic carbocycles. The zero-order chi connectivity index (χ0) is 14.4. The van der Waals surface area contributed by atoms with Crippen LogP contribution in [0, 0.1) is 5.92 Å². The molecule has 1 rings (SSSR count). The predicted molar refractivity (Wildman–Crippen MR) is 67.3 cm³/mol. The SMILES string of the molecule is CCn1cnnc1CNC(=O)NC(C(=O)O)C(C)C. The van der Waals surface area contributed by atoms with Crippen molar-refractivity contribution in [3.05, 3.63) is 12.2 Å². The quantitative estimate of drug-likeness (QED) is 0.683. The van der Waals surface area contributed by atoms with Crippen molar-refractivity contribution in [1.29, 1.82) is 0 Å². The smallest absolute Gasteiger partial charge is 0.326 e. The minimum Gasteiger partial charge on any atom is -0.480 e. The first kappa shape index (κ1) is 14.9. The van der Waals surface area contributed by atoms with Crippen molar-refractivity contribution >= 4 is 12.0 Å². The third kappa shape index (κ3) is 4.23. The molecule has 1 unspecified atom stereocenters. The van der Waals surface area contributed by atoms with Crippen LogP contribution >= 0.6 is 0 Å². The van der Waals surface area contributed by atoms with Crippen molar-refractivity contribution in [3.8, 4) is 0 Å². The molecule has 19 heavy (non-hydrogen) atoms. The van der Waals surface area contributed by atoms with E-state index in [2.05, 4.69) is 20.8 Å². The van der Waals surface area contributed by atoms with Crippen molar-refractivity contribution in [1.82, 2.24) is 25.4 Å². The predicted octanol–water partition coefficient (Wildman–Crippen LogP) is 0.206. The third-order valence-electron chi connectivity index (χ3n) is 2.66. The van der Waals surface area contributed by atoms with Crippen molar-refractivity contribution in [3.63, 3.8) is 0 Å². The van der Waals surface area contributed by atoms with E-state index in [1.807, 2.05) is 6.92 Å². The van der Waals surface area contributed by atoms with Gasteiger partial charge in [0.05, 0.1) is 6.54 Å². The van der Waals surface area contributed by atoms with Crippen LogP contribution < -0.4 is 10.6 Å². The van der Waals surface area contributed by atoms with E-state index in [9.17, 15) is 9.59 Å². The lowest BCUT2D eigenvalue weighted by molar-refractivity contribution is -0.140. The Bertz CT molecular complexity index is 443. The molecule has 0 spiro atoms. The van der Waals surface area contributed by atoms with Crippen molar-refractivity contribution in [2.45, 2.75) is 39.9 Å². The summed E-state index contributed by atoms with van der Waals surface area (Å²) in [6, 6.07) is -1.45. The van der Waals surface area contributed by atoms with Crippen LogP contribution in [0.4, 0.5) is 4.79 Å². The van der Waals surface area contributed by atoms with Crippen molar-refractivity contribution in [2.75, 3.05) is 0 Å². The number of carboxylic acids is 1. The number of amides is 2. The number of carbonyl (C=O) groups excluding carboxylic acids is 1. The summed E-state index contributed by atoms with van der Waals surface area (Å²) in [5, 5.41) is 21.5.